The Kier molecular flexibility index (Phi) is 3.26. The number of aromatic nitrogens is 1. The highest BCUT2D eigenvalue weighted by Crippen LogP contribution is 2.10. The Morgan fingerprint density at radius 1 is 1.29 bits per heavy atom. The molecule has 0 unspecified atom stereocenters. The van der Waals surface area contributed by atoms with Gasteiger partial charge in [-0.25, -0.2) is 18.1 Å². The van der Waals surface area contributed by atoms with Crippen LogP contribution in [-0.4, -0.2) is 13.4 Å². The van der Waals surface area contributed by atoms with Crippen molar-refractivity contribution in [3.8, 4) is 0 Å². The molecule has 2 rings (SSSR count). The van der Waals surface area contributed by atoms with Crippen molar-refractivity contribution >= 4 is 10.0 Å². The van der Waals surface area contributed by atoms with Gasteiger partial charge in [0, 0.05) is 0 Å². The molecule has 1 N–H and O–H groups in total. The van der Waals surface area contributed by atoms with Gasteiger partial charge in [-0.2, -0.15) is 0 Å². The Labute approximate surface area is 99.5 Å². The minimum absolute atomic E-state index is 0.118. The van der Waals surface area contributed by atoms with Gasteiger partial charge >= 0.3 is 0 Å². The number of oxazole rings is 1. The summed E-state index contributed by atoms with van der Waals surface area (Å²) in [6.07, 6.45) is 2.66. The van der Waals surface area contributed by atoms with E-state index in [2.05, 4.69) is 9.71 Å². The molecule has 0 aliphatic rings. The number of nitrogens with zero attached hydrogens (tertiary/aromatic N) is 1. The molecule has 2 aromatic rings. The lowest BCUT2D eigenvalue weighted by Crippen LogP contribution is -2.23. The molecular formula is C11H12N2O3S. The molecule has 0 aliphatic carbocycles. The summed E-state index contributed by atoms with van der Waals surface area (Å²) in [4.78, 5) is 4.08. The zero-order chi connectivity index (χ0) is 12.3. The van der Waals surface area contributed by atoms with Crippen molar-refractivity contribution in [3.05, 3.63) is 48.2 Å². The van der Waals surface area contributed by atoms with Crippen LogP contribution in [0.4, 0.5) is 0 Å². The number of aryl methyl sites for hydroxylation is 1. The Morgan fingerprint density at radius 2 is 2.00 bits per heavy atom. The third kappa shape index (κ3) is 2.92. The fourth-order valence-corrected chi connectivity index (χ4v) is 2.29. The van der Waals surface area contributed by atoms with Crippen LogP contribution in [0.1, 0.15) is 11.3 Å². The van der Waals surface area contributed by atoms with Crippen molar-refractivity contribution in [1.29, 1.82) is 0 Å². The predicted molar refractivity (Wildman–Crippen MR) is 61.7 cm³/mol. The van der Waals surface area contributed by atoms with Gasteiger partial charge in [0.1, 0.15) is 6.26 Å². The predicted octanol–water partition coefficient (Wildman–Crippen LogP) is 1.46. The molecule has 0 spiro atoms. The molecule has 0 bridgehead atoms. The van der Waals surface area contributed by atoms with Crippen molar-refractivity contribution in [3.63, 3.8) is 0 Å². The molecule has 1 aromatic carbocycles. The number of benzene rings is 1. The molecule has 0 saturated heterocycles. The van der Waals surface area contributed by atoms with Crippen LogP contribution in [0.2, 0.25) is 0 Å². The average Bonchev–Trinajstić information content (AvgIpc) is 2.80. The Morgan fingerprint density at radius 3 is 2.59 bits per heavy atom. The van der Waals surface area contributed by atoms with Gasteiger partial charge in [-0.1, -0.05) is 17.7 Å². The second-order valence-electron chi connectivity index (χ2n) is 3.62. The molecule has 5 nitrogen and oxygen atoms in total. The molecular weight excluding hydrogens is 240 g/mol. The first-order valence-corrected chi connectivity index (χ1v) is 6.50. The van der Waals surface area contributed by atoms with Gasteiger partial charge in [-0.15, -0.1) is 0 Å². The van der Waals surface area contributed by atoms with Gasteiger partial charge in [0.2, 0.25) is 10.0 Å². The Bertz CT molecular complexity index is 574. The highest BCUT2D eigenvalue weighted by atomic mass is 32.2. The molecule has 90 valence electrons. The molecule has 0 atom stereocenters. The van der Waals surface area contributed by atoms with Crippen LogP contribution in [0.15, 0.2) is 46.2 Å². The summed E-state index contributed by atoms with van der Waals surface area (Å²) in [6.45, 7) is 2.02. The summed E-state index contributed by atoms with van der Waals surface area (Å²) >= 11 is 0. The molecule has 0 fully saturated rings. The smallest absolute Gasteiger partial charge is 0.240 e. The second-order valence-corrected chi connectivity index (χ2v) is 5.38. The van der Waals surface area contributed by atoms with Crippen molar-refractivity contribution < 1.29 is 12.8 Å². The van der Waals surface area contributed by atoms with Crippen LogP contribution in [0, 0.1) is 6.92 Å². The van der Waals surface area contributed by atoms with Gasteiger partial charge < -0.3 is 4.42 Å². The number of rotatable bonds is 4. The second kappa shape index (κ2) is 4.68. The van der Waals surface area contributed by atoms with E-state index in [9.17, 15) is 8.42 Å². The molecule has 17 heavy (non-hydrogen) atoms. The number of sulfonamides is 1. The minimum atomic E-state index is -3.48. The van der Waals surface area contributed by atoms with Crippen LogP contribution < -0.4 is 4.72 Å². The van der Waals surface area contributed by atoms with Crippen molar-refractivity contribution in [2.75, 3.05) is 0 Å². The summed E-state index contributed by atoms with van der Waals surface area (Å²) in [5.41, 5.74) is 1.56. The van der Waals surface area contributed by atoms with Gasteiger partial charge in [0.15, 0.2) is 6.39 Å². The molecule has 0 aliphatic heterocycles. The standard InChI is InChI=1S/C11H12N2O3S/c1-9-2-4-11(5-3-9)17(14,15)13-6-10-7-16-8-12-10/h2-5,7-8,13H,6H2,1H3. The van der Waals surface area contributed by atoms with E-state index in [4.69, 9.17) is 4.42 Å². The van der Waals surface area contributed by atoms with Crippen LogP contribution in [0.3, 0.4) is 0 Å². The maximum absolute atomic E-state index is 11.9. The fourth-order valence-electron chi connectivity index (χ4n) is 1.29. The first kappa shape index (κ1) is 11.8. The zero-order valence-corrected chi connectivity index (χ0v) is 10.1. The summed E-state index contributed by atoms with van der Waals surface area (Å²) in [5.74, 6) is 0. The van der Waals surface area contributed by atoms with E-state index in [-0.39, 0.29) is 11.4 Å². The lowest BCUT2D eigenvalue weighted by molar-refractivity contribution is 0.555. The van der Waals surface area contributed by atoms with Crippen LogP contribution in [0.5, 0.6) is 0 Å². The number of hydrogen-bond acceptors (Lipinski definition) is 4. The molecule has 0 radical (unpaired) electrons. The highest BCUT2D eigenvalue weighted by molar-refractivity contribution is 7.89. The third-order valence-electron chi connectivity index (χ3n) is 2.26. The summed E-state index contributed by atoms with van der Waals surface area (Å²) < 4.78 is 30.9. The van der Waals surface area contributed by atoms with Crippen LogP contribution in [-0.2, 0) is 16.6 Å². The van der Waals surface area contributed by atoms with E-state index in [0.717, 1.165) is 5.56 Å². The zero-order valence-electron chi connectivity index (χ0n) is 9.25. The third-order valence-corrected chi connectivity index (χ3v) is 3.68. The molecule has 6 heteroatoms. The van der Waals surface area contributed by atoms with Crippen LogP contribution in [0.25, 0.3) is 0 Å². The van der Waals surface area contributed by atoms with E-state index in [0.29, 0.717) is 5.69 Å². The van der Waals surface area contributed by atoms with Gasteiger partial charge in [0.25, 0.3) is 0 Å². The monoisotopic (exact) mass is 252 g/mol. The van der Waals surface area contributed by atoms with Crippen molar-refractivity contribution in [1.82, 2.24) is 9.71 Å². The first-order valence-electron chi connectivity index (χ1n) is 5.01. The lowest BCUT2D eigenvalue weighted by Gasteiger charge is -2.05. The van der Waals surface area contributed by atoms with E-state index in [1.807, 2.05) is 6.92 Å². The lowest BCUT2D eigenvalue weighted by atomic mass is 10.2. The van der Waals surface area contributed by atoms with E-state index >= 15 is 0 Å². The Balaban J connectivity index is 2.11. The summed E-state index contributed by atoms with van der Waals surface area (Å²) in [5, 5.41) is 0. The minimum Gasteiger partial charge on any atom is -0.451 e. The normalized spacial score (nSPS) is 11.6. The molecule has 0 saturated carbocycles. The number of hydrogen-bond donors (Lipinski definition) is 1. The molecule has 0 amide bonds. The van der Waals surface area contributed by atoms with E-state index in [1.165, 1.54) is 12.7 Å². The van der Waals surface area contributed by atoms with Gasteiger partial charge in [0.05, 0.1) is 17.1 Å². The van der Waals surface area contributed by atoms with Crippen molar-refractivity contribution in [2.24, 2.45) is 0 Å². The van der Waals surface area contributed by atoms with Gasteiger partial charge in [-0.05, 0) is 19.1 Å². The average molecular weight is 252 g/mol. The maximum Gasteiger partial charge on any atom is 0.240 e. The van der Waals surface area contributed by atoms with Crippen molar-refractivity contribution in [2.45, 2.75) is 18.4 Å². The molecule has 1 aromatic heterocycles. The highest BCUT2D eigenvalue weighted by Gasteiger charge is 2.13. The molecule has 1 heterocycles. The summed E-state index contributed by atoms with van der Waals surface area (Å²) in [6, 6.07) is 6.65. The fraction of sp³-hybridized carbons (Fsp3) is 0.182. The topological polar surface area (TPSA) is 72.2 Å². The SMILES string of the molecule is Cc1ccc(S(=O)(=O)NCc2cocn2)cc1. The van der Waals surface area contributed by atoms with E-state index < -0.39 is 10.0 Å². The largest absolute Gasteiger partial charge is 0.451 e. The quantitative estimate of drug-likeness (QED) is 0.894. The van der Waals surface area contributed by atoms with E-state index in [1.54, 1.807) is 24.3 Å². The number of nitrogens with one attached hydrogen (secondary N) is 1. The Hall–Kier alpha value is -1.66. The maximum atomic E-state index is 11.9. The van der Waals surface area contributed by atoms with Gasteiger partial charge in [-0.3, -0.25) is 0 Å². The summed E-state index contributed by atoms with van der Waals surface area (Å²) in [7, 11) is -3.48. The first-order chi connectivity index (χ1) is 8.08. The van der Waals surface area contributed by atoms with Crippen LogP contribution >= 0.6 is 0 Å².